The van der Waals surface area contributed by atoms with Gasteiger partial charge in [0.1, 0.15) is 0 Å². The monoisotopic (exact) mass is 300 g/mol. The van der Waals surface area contributed by atoms with Crippen molar-refractivity contribution in [1.82, 2.24) is 0 Å². The summed E-state index contributed by atoms with van der Waals surface area (Å²) in [4.78, 5) is 0. The van der Waals surface area contributed by atoms with E-state index in [1.165, 1.54) is 57.8 Å². The Balaban J connectivity index is 3.21. The topological polar surface area (TPSA) is 40.5 Å². The Kier molecular flexibility index (Phi) is 16.2. The molecule has 2 atom stereocenters. The fraction of sp³-hybridized carbons (Fsp3) is 1.00. The first-order chi connectivity index (χ1) is 10.2. The number of aliphatic hydroxyl groups is 2. The van der Waals surface area contributed by atoms with Crippen LogP contribution in [0.4, 0.5) is 0 Å². The van der Waals surface area contributed by atoms with E-state index in [9.17, 15) is 10.2 Å². The minimum Gasteiger partial charge on any atom is -0.393 e. The van der Waals surface area contributed by atoms with Crippen molar-refractivity contribution in [2.45, 2.75) is 122 Å². The van der Waals surface area contributed by atoms with E-state index in [-0.39, 0.29) is 12.2 Å². The van der Waals surface area contributed by atoms with Gasteiger partial charge in [0.05, 0.1) is 12.2 Å². The number of rotatable bonds is 16. The van der Waals surface area contributed by atoms with Crippen molar-refractivity contribution >= 4 is 0 Å². The molecule has 0 aliphatic carbocycles. The highest BCUT2D eigenvalue weighted by molar-refractivity contribution is 4.59. The maximum atomic E-state index is 9.82. The van der Waals surface area contributed by atoms with Gasteiger partial charge in [0.15, 0.2) is 0 Å². The Bertz CT molecular complexity index is 174. The van der Waals surface area contributed by atoms with E-state index in [1.54, 1.807) is 0 Å². The molecule has 0 amide bonds. The van der Waals surface area contributed by atoms with Crippen molar-refractivity contribution in [3.63, 3.8) is 0 Å². The predicted octanol–water partition coefficient (Wildman–Crippen LogP) is 5.60. The molecule has 0 saturated carbocycles. The summed E-state index contributed by atoms with van der Waals surface area (Å²) in [5.74, 6) is 0. The molecular formula is C19H40O2. The van der Waals surface area contributed by atoms with E-state index in [0.717, 1.165) is 38.5 Å². The van der Waals surface area contributed by atoms with Gasteiger partial charge in [-0.1, -0.05) is 84.5 Å². The quantitative estimate of drug-likeness (QED) is 0.364. The molecule has 2 heteroatoms. The molecule has 2 nitrogen and oxygen atoms in total. The highest BCUT2D eigenvalue weighted by Crippen LogP contribution is 2.14. The van der Waals surface area contributed by atoms with Crippen molar-refractivity contribution in [1.29, 1.82) is 0 Å². The third-order valence-corrected chi connectivity index (χ3v) is 4.36. The summed E-state index contributed by atoms with van der Waals surface area (Å²) in [7, 11) is 0. The highest BCUT2D eigenvalue weighted by Gasteiger charge is 2.05. The molecule has 0 aromatic rings. The lowest BCUT2D eigenvalue weighted by Crippen LogP contribution is -2.06. The maximum Gasteiger partial charge on any atom is 0.0540 e. The van der Waals surface area contributed by atoms with Gasteiger partial charge in [-0.25, -0.2) is 0 Å². The van der Waals surface area contributed by atoms with Crippen LogP contribution in [-0.4, -0.2) is 22.4 Å². The van der Waals surface area contributed by atoms with Gasteiger partial charge in [-0.3, -0.25) is 0 Å². The number of hydrogen-bond donors (Lipinski definition) is 2. The standard InChI is InChI=1S/C19H40O2/c1-3-5-10-14-18(20)16-12-8-7-9-13-17-19(21)15-11-6-4-2/h18-21H,3-17H2,1-2H3. The molecule has 0 spiro atoms. The van der Waals surface area contributed by atoms with Crippen LogP contribution in [0.2, 0.25) is 0 Å². The fourth-order valence-electron chi connectivity index (χ4n) is 2.84. The van der Waals surface area contributed by atoms with Gasteiger partial charge >= 0.3 is 0 Å². The largest absolute Gasteiger partial charge is 0.393 e. The first kappa shape index (κ1) is 20.9. The first-order valence-electron chi connectivity index (χ1n) is 9.56. The Morgan fingerprint density at radius 1 is 0.476 bits per heavy atom. The Labute approximate surface area is 133 Å². The summed E-state index contributed by atoms with van der Waals surface area (Å²) in [5.41, 5.74) is 0. The molecule has 0 radical (unpaired) electrons. The van der Waals surface area contributed by atoms with Crippen LogP contribution in [0.1, 0.15) is 110 Å². The van der Waals surface area contributed by atoms with Crippen LogP contribution in [0.5, 0.6) is 0 Å². The second kappa shape index (κ2) is 16.3. The van der Waals surface area contributed by atoms with Crippen LogP contribution in [0, 0.1) is 0 Å². The van der Waals surface area contributed by atoms with Gasteiger partial charge in [0.2, 0.25) is 0 Å². The molecule has 2 unspecified atom stereocenters. The maximum absolute atomic E-state index is 9.82. The van der Waals surface area contributed by atoms with Crippen molar-refractivity contribution in [3.8, 4) is 0 Å². The molecule has 0 bridgehead atoms. The Hall–Kier alpha value is -0.0800. The fourth-order valence-corrected chi connectivity index (χ4v) is 2.84. The van der Waals surface area contributed by atoms with Crippen LogP contribution in [0.25, 0.3) is 0 Å². The highest BCUT2D eigenvalue weighted by atomic mass is 16.3. The molecule has 0 aliphatic heterocycles. The molecular weight excluding hydrogens is 260 g/mol. The number of aliphatic hydroxyl groups excluding tert-OH is 2. The van der Waals surface area contributed by atoms with Gasteiger partial charge in [-0.05, 0) is 25.7 Å². The summed E-state index contributed by atoms with van der Waals surface area (Å²) in [6, 6.07) is 0. The molecule has 0 saturated heterocycles. The SMILES string of the molecule is CCCCCC(O)CCCCCCCC(O)CCCCC. The lowest BCUT2D eigenvalue weighted by atomic mass is 10.0. The average molecular weight is 301 g/mol. The molecule has 0 aliphatic rings. The molecule has 0 fully saturated rings. The van der Waals surface area contributed by atoms with Gasteiger partial charge in [-0.15, -0.1) is 0 Å². The number of hydrogen-bond acceptors (Lipinski definition) is 2. The summed E-state index contributed by atoms with van der Waals surface area (Å²) in [6.45, 7) is 4.40. The number of unbranched alkanes of at least 4 members (excludes halogenated alkanes) is 8. The predicted molar refractivity (Wildman–Crippen MR) is 92.6 cm³/mol. The molecule has 0 aromatic carbocycles. The van der Waals surface area contributed by atoms with Gasteiger partial charge in [-0.2, -0.15) is 0 Å². The van der Waals surface area contributed by atoms with E-state index in [4.69, 9.17) is 0 Å². The lowest BCUT2D eigenvalue weighted by molar-refractivity contribution is 0.145. The summed E-state index contributed by atoms with van der Waals surface area (Å²) >= 11 is 0. The molecule has 128 valence electrons. The van der Waals surface area contributed by atoms with Gasteiger partial charge < -0.3 is 10.2 Å². The zero-order valence-electron chi connectivity index (χ0n) is 14.7. The van der Waals surface area contributed by atoms with Crippen molar-refractivity contribution in [2.24, 2.45) is 0 Å². The molecule has 0 rings (SSSR count). The van der Waals surface area contributed by atoms with Crippen LogP contribution < -0.4 is 0 Å². The zero-order chi connectivity index (χ0) is 15.8. The minimum atomic E-state index is -0.0723. The normalized spacial score (nSPS) is 14.3. The van der Waals surface area contributed by atoms with Gasteiger partial charge in [0.25, 0.3) is 0 Å². The van der Waals surface area contributed by atoms with Crippen LogP contribution >= 0.6 is 0 Å². The third-order valence-electron chi connectivity index (χ3n) is 4.36. The summed E-state index contributed by atoms with van der Waals surface area (Å²) in [5, 5.41) is 19.6. The van der Waals surface area contributed by atoms with Crippen molar-refractivity contribution in [2.75, 3.05) is 0 Å². The van der Waals surface area contributed by atoms with E-state index >= 15 is 0 Å². The molecule has 0 aromatic heterocycles. The Morgan fingerprint density at radius 2 is 0.762 bits per heavy atom. The van der Waals surface area contributed by atoms with Crippen molar-refractivity contribution in [3.05, 3.63) is 0 Å². The van der Waals surface area contributed by atoms with E-state index in [0.29, 0.717) is 0 Å². The van der Waals surface area contributed by atoms with Crippen LogP contribution in [0.15, 0.2) is 0 Å². The van der Waals surface area contributed by atoms with Crippen LogP contribution in [0.3, 0.4) is 0 Å². The van der Waals surface area contributed by atoms with E-state index in [1.807, 2.05) is 0 Å². The zero-order valence-corrected chi connectivity index (χ0v) is 14.7. The summed E-state index contributed by atoms with van der Waals surface area (Å²) in [6.07, 6.45) is 17.1. The minimum absolute atomic E-state index is 0.0723. The first-order valence-corrected chi connectivity index (χ1v) is 9.56. The molecule has 2 N–H and O–H groups in total. The van der Waals surface area contributed by atoms with Gasteiger partial charge in [0, 0.05) is 0 Å². The second-order valence-corrected chi connectivity index (χ2v) is 6.64. The average Bonchev–Trinajstić information content (AvgIpc) is 2.47. The lowest BCUT2D eigenvalue weighted by Gasteiger charge is -2.11. The van der Waals surface area contributed by atoms with Crippen molar-refractivity contribution < 1.29 is 10.2 Å². The summed E-state index contributed by atoms with van der Waals surface area (Å²) < 4.78 is 0. The Morgan fingerprint density at radius 3 is 1.10 bits per heavy atom. The molecule has 0 heterocycles. The smallest absolute Gasteiger partial charge is 0.0540 e. The van der Waals surface area contributed by atoms with Crippen LogP contribution in [-0.2, 0) is 0 Å². The van der Waals surface area contributed by atoms with E-state index < -0.39 is 0 Å². The van der Waals surface area contributed by atoms with E-state index in [2.05, 4.69) is 13.8 Å². The molecule has 21 heavy (non-hydrogen) atoms. The third kappa shape index (κ3) is 16.1. The second-order valence-electron chi connectivity index (χ2n) is 6.64.